The minimum atomic E-state index is -0.424. The number of nitrogens with one attached hydrogen (secondary N) is 2. The Labute approximate surface area is 60.2 Å². The molecule has 56 valence electrons. The topological polar surface area (TPSA) is 64.9 Å². The average Bonchev–Trinajstić information content (AvgIpc) is 1.88. The lowest BCUT2D eigenvalue weighted by molar-refractivity contribution is 0.240. The number of amides is 2. The molecule has 0 aliphatic heterocycles. The third kappa shape index (κ3) is 3.72. The summed E-state index contributed by atoms with van der Waals surface area (Å²) in [6.07, 6.45) is 0. The molecule has 0 saturated heterocycles. The highest BCUT2D eigenvalue weighted by Crippen LogP contribution is 1.75. The molecule has 0 aromatic heterocycles. The van der Waals surface area contributed by atoms with Gasteiger partial charge in [0.2, 0.25) is 0 Å². The van der Waals surface area contributed by atoms with Crippen LogP contribution in [0.5, 0.6) is 0 Å². The van der Waals surface area contributed by atoms with Gasteiger partial charge in [-0.3, -0.25) is 0 Å². The molecule has 4 nitrogen and oxygen atoms in total. The lowest BCUT2D eigenvalue weighted by atomic mass is 10.4. The van der Waals surface area contributed by atoms with Gasteiger partial charge in [0.15, 0.2) is 0 Å². The molecule has 4 heteroatoms. The predicted molar refractivity (Wildman–Crippen MR) is 37.3 cm³/mol. The molecule has 0 bridgehead atoms. The van der Waals surface area contributed by atoms with Crippen molar-refractivity contribution in [1.29, 1.82) is 5.26 Å². The van der Waals surface area contributed by atoms with Crippen molar-refractivity contribution in [3.05, 3.63) is 0 Å². The van der Waals surface area contributed by atoms with Crippen LogP contribution in [0.3, 0.4) is 0 Å². The molecule has 0 aromatic rings. The van der Waals surface area contributed by atoms with Crippen molar-refractivity contribution in [2.75, 3.05) is 6.54 Å². The van der Waals surface area contributed by atoms with Gasteiger partial charge in [-0.25, -0.2) is 4.79 Å². The zero-order chi connectivity index (χ0) is 7.98. The summed E-state index contributed by atoms with van der Waals surface area (Å²) in [4.78, 5) is 10.6. The molecule has 0 aromatic carbocycles. The largest absolute Gasteiger partial charge is 0.338 e. The van der Waals surface area contributed by atoms with Crippen LogP contribution in [0.15, 0.2) is 0 Å². The van der Waals surface area contributed by atoms with E-state index in [1.807, 2.05) is 13.0 Å². The second kappa shape index (κ2) is 4.62. The fourth-order valence-corrected chi connectivity index (χ4v) is 0.441. The number of nitriles is 1. The number of hydrogen-bond acceptors (Lipinski definition) is 2. The zero-order valence-corrected chi connectivity index (χ0v) is 6.14. The Morgan fingerprint density at radius 2 is 2.40 bits per heavy atom. The van der Waals surface area contributed by atoms with E-state index in [0.29, 0.717) is 6.54 Å². The van der Waals surface area contributed by atoms with E-state index in [-0.39, 0.29) is 6.03 Å². The Kier molecular flexibility index (Phi) is 4.05. The van der Waals surface area contributed by atoms with Crippen LogP contribution in [-0.4, -0.2) is 18.6 Å². The molecular weight excluding hydrogens is 130 g/mol. The molecule has 0 spiro atoms. The fourth-order valence-electron chi connectivity index (χ4n) is 0.441. The van der Waals surface area contributed by atoms with E-state index < -0.39 is 6.04 Å². The monoisotopic (exact) mass is 141 g/mol. The number of carbonyl (C=O) groups is 1. The second-order valence-electron chi connectivity index (χ2n) is 1.85. The van der Waals surface area contributed by atoms with Crippen LogP contribution < -0.4 is 10.6 Å². The quantitative estimate of drug-likeness (QED) is 0.577. The van der Waals surface area contributed by atoms with Gasteiger partial charge >= 0.3 is 6.03 Å². The fraction of sp³-hybridized carbons (Fsp3) is 0.667. The number of nitrogens with zero attached hydrogens (tertiary/aromatic N) is 1. The van der Waals surface area contributed by atoms with E-state index in [2.05, 4.69) is 10.6 Å². The molecular formula is C6H11N3O. The maximum Gasteiger partial charge on any atom is 0.315 e. The molecule has 1 unspecified atom stereocenters. The smallest absolute Gasteiger partial charge is 0.315 e. The van der Waals surface area contributed by atoms with Crippen LogP contribution in [0.2, 0.25) is 0 Å². The van der Waals surface area contributed by atoms with Gasteiger partial charge in [-0.15, -0.1) is 0 Å². The molecule has 0 aliphatic rings. The minimum absolute atomic E-state index is 0.295. The van der Waals surface area contributed by atoms with Crippen LogP contribution in [0, 0.1) is 11.3 Å². The number of hydrogen-bond donors (Lipinski definition) is 2. The van der Waals surface area contributed by atoms with Gasteiger partial charge in [0.1, 0.15) is 6.04 Å². The summed E-state index contributed by atoms with van der Waals surface area (Å²) in [5, 5.41) is 13.2. The molecule has 0 aliphatic carbocycles. The van der Waals surface area contributed by atoms with E-state index in [1.165, 1.54) is 0 Å². The maximum absolute atomic E-state index is 10.6. The van der Waals surface area contributed by atoms with Gasteiger partial charge in [-0.05, 0) is 13.8 Å². The third-order valence-corrected chi connectivity index (χ3v) is 0.879. The summed E-state index contributed by atoms with van der Waals surface area (Å²) >= 11 is 0. The lowest BCUT2D eigenvalue weighted by Crippen LogP contribution is -2.39. The molecule has 0 radical (unpaired) electrons. The summed E-state index contributed by atoms with van der Waals surface area (Å²) < 4.78 is 0. The van der Waals surface area contributed by atoms with Crippen molar-refractivity contribution >= 4 is 6.03 Å². The zero-order valence-electron chi connectivity index (χ0n) is 6.14. The van der Waals surface area contributed by atoms with Crippen LogP contribution >= 0.6 is 0 Å². The first kappa shape index (κ1) is 8.76. The highest BCUT2D eigenvalue weighted by Gasteiger charge is 2.01. The predicted octanol–water partition coefficient (Wildman–Crippen LogP) is 0.218. The molecule has 2 amide bonds. The first-order valence-corrected chi connectivity index (χ1v) is 3.14. The molecule has 0 rings (SSSR count). The summed E-state index contributed by atoms with van der Waals surface area (Å²) in [5.74, 6) is 0. The number of urea groups is 1. The SMILES string of the molecule is CCNC(=O)NC(C)C#N. The summed E-state index contributed by atoms with van der Waals surface area (Å²) in [6, 6.07) is 1.16. The normalized spacial score (nSPS) is 11.3. The summed E-state index contributed by atoms with van der Waals surface area (Å²) in [5.41, 5.74) is 0. The van der Waals surface area contributed by atoms with Crippen molar-refractivity contribution in [1.82, 2.24) is 10.6 Å². The van der Waals surface area contributed by atoms with Gasteiger partial charge in [0.25, 0.3) is 0 Å². The molecule has 1 atom stereocenters. The molecule has 0 fully saturated rings. The van der Waals surface area contributed by atoms with Gasteiger partial charge in [0, 0.05) is 6.54 Å². The highest BCUT2D eigenvalue weighted by atomic mass is 16.2. The lowest BCUT2D eigenvalue weighted by Gasteiger charge is -2.05. The van der Waals surface area contributed by atoms with Gasteiger partial charge in [-0.2, -0.15) is 5.26 Å². The Bertz CT molecular complexity index is 150. The van der Waals surface area contributed by atoms with Crippen molar-refractivity contribution in [2.24, 2.45) is 0 Å². The van der Waals surface area contributed by atoms with E-state index in [0.717, 1.165) is 0 Å². The minimum Gasteiger partial charge on any atom is -0.338 e. The van der Waals surface area contributed by atoms with E-state index in [4.69, 9.17) is 5.26 Å². The first-order chi connectivity index (χ1) is 4.70. The van der Waals surface area contributed by atoms with Crippen molar-refractivity contribution in [2.45, 2.75) is 19.9 Å². The average molecular weight is 141 g/mol. The van der Waals surface area contributed by atoms with Crippen molar-refractivity contribution < 1.29 is 4.79 Å². The standard InChI is InChI=1S/C6H11N3O/c1-3-8-6(10)9-5(2)4-7/h5H,3H2,1-2H3,(H2,8,9,10). The summed E-state index contributed by atoms with van der Waals surface area (Å²) in [6.45, 7) is 4.01. The van der Waals surface area contributed by atoms with Crippen LogP contribution in [0.4, 0.5) is 4.79 Å². The van der Waals surface area contributed by atoms with Gasteiger partial charge in [0.05, 0.1) is 6.07 Å². The van der Waals surface area contributed by atoms with Crippen LogP contribution in [0.25, 0.3) is 0 Å². The van der Waals surface area contributed by atoms with Crippen LogP contribution in [-0.2, 0) is 0 Å². The van der Waals surface area contributed by atoms with Crippen molar-refractivity contribution in [3.8, 4) is 6.07 Å². The maximum atomic E-state index is 10.6. The Morgan fingerprint density at radius 3 is 2.80 bits per heavy atom. The molecule has 0 saturated carbocycles. The first-order valence-electron chi connectivity index (χ1n) is 3.14. The molecule has 0 heterocycles. The number of rotatable bonds is 2. The highest BCUT2D eigenvalue weighted by molar-refractivity contribution is 5.74. The Morgan fingerprint density at radius 1 is 1.80 bits per heavy atom. The van der Waals surface area contributed by atoms with E-state index >= 15 is 0 Å². The van der Waals surface area contributed by atoms with Crippen LogP contribution in [0.1, 0.15) is 13.8 Å². The number of carbonyl (C=O) groups excluding carboxylic acids is 1. The Hall–Kier alpha value is -1.24. The third-order valence-electron chi connectivity index (χ3n) is 0.879. The molecule has 10 heavy (non-hydrogen) atoms. The van der Waals surface area contributed by atoms with Crippen molar-refractivity contribution in [3.63, 3.8) is 0 Å². The van der Waals surface area contributed by atoms with Gasteiger partial charge in [-0.1, -0.05) is 0 Å². The van der Waals surface area contributed by atoms with E-state index in [9.17, 15) is 4.79 Å². The summed E-state index contributed by atoms with van der Waals surface area (Å²) in [7, 11) is 0. The molecule has 2 N–H and O–H groups in total. The van der Waals surface area contributed by atoms with E-state index in [1.54, 1.807) is 6.92 Å². The second-order valence-corrected chi connectivity index (χ2v) is 1.85. The Balaban J connectivity index is 3.49. The van der Waals surface area contributed by atoms with Gasteiger partial charge < -0.3 is 10.6 Å².